The van der Waals surface area contributed by atoms with E-state index >= 15 is 0 Å². The molecule has 1 aromatic heterocycles. The number of piperidine rings is 1. The predicted molar refractivity (Wildman–Crippen MR) is 85.4 cm³/mol. The van der Waals surface area contributed by atoms with Crippen molar-refractivity contribution in [1.82, 2.24) is 15.0 Å². The number of aromatic nitrogens is 2. The molecule has 1 amide bonds. The van der Waals surface area contributed by atoms with Crippen LogP contribution in [-0.4, -0.2) is 45.1 Å². The summed E-state index contributed by atoms with van der Waals surface area (Å²) in [5.41, 5.74) is 0. The highest BCUT2D eigenvalue weighted by Gasteiger charge is 2.29. The highest BCUT2D eigenvalue weighted by Crippen LogP contribution is 2.38. The summed E-state index contributed by atoms with van der Waals surface area (Å²) in [4.78, 5) is 29.3. The van der Waals surface area contributed by atoms with Crippen molar-refractivity contribution in [2.45, 2.75) is 63.7 Å². The first-order chi connectivity index (χ1) is 11.6. The number of carboxylic acids is 1. The van der Waals surface area contributed by atoms with Gasteiger partial charge in [0.15, 0.2) is 5.82 Å². The molecule has 1 aliphatic carbocycles. The molecule has 7 nitrogen and oxygen atoms in total. The number of amides is 1. The van der Waals surface area contributed by atoms with Gasteiger partial charge in [0.1, 0.15) is 0 Å². The maximum atomic E-state index is 12.3. The van der Waals surface area contributed by atoms with Crippen molar-refractivity contribution in [3.05, 3.63) is 11.7 Å². The van der Waals surface area contributed by atoms with Gasteiger partial charge in [-0.05, 0) is 44.4 Å². The van der Waals surface area contributed by atoms with E-state index in [9.17, 15) is 9.59 Å². The Bertz CT molecular complexity index is 582. The van der Waals surface area contributed by atoms with Crippen LogP contribution in [0, 0.1) is 5.92 Å². The van der Waals surface area contributed by atoms with Crippen LogP contribution < -0.4 is 0 Å². The van der Waals surface area contributed by atoms with Gasteiger partial charge >= 0.3 is 5.97 Å². The van der Waals surface area contributed by atoms with Gasteiger partial charge in [-0.1, -0.05) is 5.16 Å². The Balaban J connectivity index is 1.38. The Morgan fingerprint density at radius 1 is 1.25 bits per heavy atom. The van der Waals surface area contributed by atoms with Gasteiger partial charge in [-0.3, -0.25) is 9.59 Å². The number of carboxylic acid groups (broad SMARTS) is 1. The number of aryl methyl sites for hydroxylation is 1. The Morgan fingerprint density at radius 2 is 2.08 bits per heavy atom. The average molecular weight is 335 g/mol. The zero-order valence-electron chi connectivity index (χ0n) is 13.9. The van der Waals surface area contributed by atoms with Crippen molar-refractivity contribution in [1.29, 1.82) is 0 Å². The molecule has 7 heteroatoms. The molecule has 1 N–H and O–H groups in total. The van der Waals surface area contributed by atoms with Crippen LogP contribution in [0.25, 0.3) is 0 Å². The van der Waals surface area contributed by atoms with Crippen LogP contribution in [-0.2, 0) is 16.0 Å². The molecule has 1 aliphatic heterocycles. The van der Waals surface area contributed by atoms with Gasteiger partial charge < -0.3 is 14.5 Å². The molecule has 2 aliphatic rings. The zero-order chi connectivity index (χ0) is 16.9. The number of nitrogens with zero attached hydrogens (tertiary/aromatic N) is 3. The first kappa shape index (κ1) is 16.9. The first-order valence-electron chi connectivity index (χ1n) is 8.94. The van der Waals surface area contributed by atoms with Crippen LogP contribution in [0.3, 0.4) is 0 Å². The normalized spacial score (nSPS) is 21.0. The van der Waals surface area contributed by atoms with Crippen LogP contribution >= 0.6 is 0 Å². The molecule has 1 aromatic rings. The molecule has 1 unspecified atom stereocenters. The molecule has 2 fully saturated rings. The second-order valence-corrected chi connectivity index (χ2v) is 6.95. The number of likely N-dealkylation sites (tertiary alicyclic amines) is 1. The lowest BCUT2D eigenvalue weighted by atomic mass is 9.93. The van der Waals surface area contributed by atoms with Crippen LogP contribution in [0.2, 0.25) is 0 Å². The fourth-order valence-corrected chi connectivity index (χ4v) is 3.28. The third kappa shape index (κ3) is 4.79. The summed E-state index contributed by atoms with van der Waals surface area (Å²) < 4.78 is 5.22. The standard InChI is InChI=1S/C17H25N3O4/c21-15(20-10-2-3-12(11-20)6-9-16(22)23)5-1-4-14-18-17(19-24-14)13-7-8-13/h12-13H,1-11H2,(H,22,23). The van der Waals surface area contributed by atoms with E-state index in [2.05, 4.69) is 10.1 Å². The molecule has 1 saturated carbocycles. The Labute approximate surface area is 141 Å². The zero-order valence-corrected chi connectivity index (χ0v) is 13.9. The van der Waals surface area contributed by atoms with Crippen molar-refractivity contribution in [3.63, 3.8) is 0 Å². The van der Waals surface area contributed by atoms with Crippen molar-refractivity contribution >= 4 is 11.9 Å². The molecule has 1 saturated heterocycles. The Hall–Kier alpha value is -1.92. The smallest absolute Gasteiger partial charge is 0.303 e. The first-order valence-corrected chi connectivity index (χ1v) is 8.94. The number of carbonyl (C=O) groups excluding carboxylic acids is 1. The summed E-state index contributed by atoms with van der Waals surface area (Å²) in [5.74, 6) is 1.63. The van der Waals surface area contributed by atoms with E-state index in [1.165, 1.54) is 0 Å². The maximum absolute atomic E-state index is 12.3. The van der Waals surface area contributed by atoms with Gasteiger partial charge in [0.2, 0.25) is 11.8 Å². The van der Waals surface area contributed by atoms with Gasteiger partial charge in [-0.2, -0.15) is 4.98 Å². The maximum Gasteiger partial charge on any atom is 0.303 e. The van der Waals surface area contributed by atoms with Crippen molar-refractivity contribution in [3.8, 4) is 0 Å². The molecule has 132 valence electrons. The third-order valence-corrected chi connectivity index (χ3v) is 4.85. The molecule has 0 radical (unpaired) electrons. The van der Waals surface area contributed by atoms with Crippen LogP contribution in [0.4, 0.5) is 0 Å². The molecular formula is C17H25N3O4. The lowest BCUT2D eigenvalue weighted by molar-refractivity contribution is -0.137. The second kappa shape index (κ2) is 7.77. The van der Waals surface area contributed by atoms with E-state index in [0.717, 1.165) is 38.1 Å². The number of rotatable bonds is 8. The van der Waals surface area contributed by atoms with E-state index in [4.69, 9.17) is 9.63 Å². The monoisotopic (exact) mass is 335 g/mol. The molecule has 3 rings (SSSR count). The summed E-state index contributed by atoms with van der Waals surface area (Å²) in [5, 5.41) is 12.8. The van der Waals surface area contributed by atoms with Crippen molar-refractivity contribution in [2.24, 2.45) is 5.92 Å². The minimum absolute atomic E-state index is 0.150. The molecule has 0 aromatic carbocycles. The van der Waals surface area contributed by atoms with Crippen LogP contribution in [0.5, 0.6) is 0 Å². The molecule has 24 heavy (non-hydrogen) atoms. The van der Waals surface area contributed by atoms with E-state index in [1.807, 2.05) is 4.90 Å². The van der Waals surface area contributed by atoms with Gasteiger partial charge in [0.05, 0.1) is 0 Å². The van der Waals surface area contributed by atoms with Gasteiger partial charge in [-0.25, -0.2) is 0 Å². The Morgan fingerprint density at radius 3 is 2.83 bits per heavy atom. The second-order valence-electron chi connectivity index (χ2n) is 6.95. The summed E-state index contributed by atoms with van der Waals surface area (Å²) in [6, 6.07) is 0. The van der Waals surface area contributed by atoms with Crippen LogP contribution in [0.1, 0.15) is 69.0 Å². The van der Waals surface area contributed by atoms with Crippen molar-refractivity contribution in [2.75, 3.05) is 13.1 Å². The number of aliphatic carboxylic acids is 1. The largest absolute Gasteiger partial charge is 0.481 e. The Kier molecular flexibility index (Phi) is 5.48. The van der Waals surface area contributed by atoms with E-state index < -0.39 is 5.97 Å². The number of carbonyl (C=O) groups is 2. The topological polar surface area (TPSA) is 96.5 Å². The fourth-order valence-electron chi connectivity index (χ4n) is 3.28. The van der Waals surface area contributed by atoms with E-state index in [0.29, 0.717) is 50.0 Å². The fraction of sp³-hybridized carbons (Fsp3) is 0.765. The van der Waals surface area contributed by atoms with E-state index in [1.54, 1.807) is 0 Å². The summed E-state index contributed by atoms with van der Waals surface area (Å²) in [6.07, 6.45) is 6.95. The average Bonchev–Trinajstić information content (AvgIpc) is 3.32. The summed E-state index contributed by atoms with van der Waals surface area (Å²) in [7, 11) is 0. The van der Waals surface area contributed by atoms with Gasteiger partial charge in [0, 0.05) is 38.3 Å². The summed E-state index contributed by atoms with van der Waals surface area (Å²) >= 11 is 0. The SMILES string of the molecule is O=C(O)CCC1CCCN(C(=O)CCCc2nc(C3CC3)no2)C1. The third-order valence-electron chi connectivity index (χ3n) is 4.85. The number of hydrogen-bond acceptors (Lipinski definition) is 5. The minimum Gasteiger partial charge on any atom is -0.481 e. The number of hydrogen-bond donors (Lipinski definition) is 1. The van der Waals surface area contributed by atoms with Gasteiger partial charge in [-0.15, -0.1) is 0 Å². The quantitative estimate of drug-likeness (QED) is 0.783. The highest BCUT2D eigenvalue weighted by atomic mass is 16.5. The molecular weight excluding hydrogens is 310 g/mol. The lowest BCUT2D eigenvalue weighted by Gasteiger charge is -2.32. The minimum atomic E-state index is -0.761. The lowest BCUT2D eigenvalue weighted by Crippen LogP contribution is -2.40. The molecule has 2 heterocycles. The molecule has 0 bridgehead atoms. The summed E-state index contributed by atoms with van der Waals surface area (Å²) in [6.45, 7) is 1.48. The highest BCUT2D eigenvalue weighted by molar-refractivity contribution is 5.76. The molecule has 1 atom stereocenters. The predicted octanol–water partition coefficient (Wildman–Crippen LogP) is 2.37. The molecule has 0 spiro atoms. The van der Waals surface area contributed by atoms with Gasteiger partial charge in [0.25, 0.3) is 0 Å². The van der Waals surface area contributed by atoms with Crippen molar-refractivity contribution < 1.29 is 19.2 Å². The van der Waals surface area contributed by atoms with Crippen LogP contribution in [0.15, 0.2) is 4.52 Å². The van der Waals surface area contributed by atoms with E-state index in [-0.39, 0.29) is 12.3 Å².